The molecule has 3 rings (SSSR count). The van der Waals surface area contributed by atoms with Gasteiger partial charge >= 0.3 is 0 Å². The van der Waals surface area contributed by atoms with Crippen molar-refractivity contribution in [3.63, 3.8) is 0 Å². The Balaban J connectivity index is 2.28. The lowest BCUT2D eigenvalue weighted by atomic mass is 10.1. The van der Waals surface area contributed by atoms with Crippen molar-refractivity contribution in [3.05, 3.63) is 58.4 Å². The van der Waals surface area contributed by atoms with Crippen molar-refractivity contribution >= 4 is 32.7 Å². The van der Waals surface area contributed by atoms with Crippen LogP contribution in [-0.2, 0) is 0 Å². The Morgan fingerprint density at radius 1 is 1.25 bits per heavy atom. The molecule has 0 unspecified atom stereocenters. The lowest BCUT2D eigenvalue weighted by Crippen LogP contribution is -2.11. The molecule has 0 saturated heterocycles. The highest BCUT2D eigenvalue weighted by molar-refractivity contribution is 9.10. The Hall–Kier alpha value is -2.21. The van der Waals surface area contributed by atoms with Crippen LogP contribution in [0.3, 0.4) is 0 Å². The second-order valence-electron chi connectivity index (χ2n) is 4.28. The van der Waals surface area contributed by atoms with Crippen molar-refractivity contribution < 1.29 is 9.18 Å². The Kier molecular flexibility index (Phi) is 3.02. The molecule has 20 heavy (non-hydrogen) atoms. The molecule has 6 heteroatoms. The summed E-state index contributed by atoms with van der Waals surface area (Å²) in [5.74, 6) is -0.834. The molecule has 0 spiro atoms. The molecule has 2 aromatic carbocycles. The number of carbonyl (C=O) groups excluding carboxylic acids is 1. The van der Waals surface area contributed by atoms with E-state index in [9.17, 15) is 9.18 Å². The lowest BCUT2D eigenvalue weighted by Gasteiger charge is -2.05. The fourth-order valence-corrected chi connectivity index (χ4v) is 2.53. The van der Waals surface area contributed by atoms with Gasteiger partial charge in [0.2, 0.25) is 5.91 Å². The first kappa shape index (κ1) is 12.8. The van der Waals surface area contributed by atoms with E-state index in [0.717, 1.165) is 9.99 Å². The number of primary amides is 1. The highest BCUT2D eigenvalue weighted by atomic mass is 79.9. The fourth-order valence-electron chi connectivity index (χ4n) is 2.08. The van der Waals surface area contributed by atoms with E-state index in [4.69, 9.17) is 5.73 Å². The van der Waals surface area contributed by atoms with Gasteiger partial charge in [0.15, 0.2) is 0 Å². The zero-order valence-electron chi connectivity index (χ0n) is 10.2. The molecule has 3 aromatic rings. The molecular formula is C14H9BrFN3O. The zero-order chi connectivity index (χ0) is 14.3. The van der Waals surface area contributed by atoms with E-state index in [0.29, 0.717) is 16.6 Å². The van der Waals surface area contributed by atoms with Crippen molar-refractivity contribution in [3.8, 4) is 5.69 Å². The van der Waals surface area contributed by atoms with Crippen LogP contribution in [0.25, 0.3) is 16.6 Å². The Bertz CT molecular complexity index is 811. The summed E-state index contributed by atoms with van der Waals surface area (Å²) >= 11 is 3.35. The standard InChI is InChI=1S/C14H9BrFN3O/c15-8-5-11(14(17)20)12-7-18-19(13(12)6-8)10-3-1-9(16)2-4-10/h1-7H,(H2,17,20). The minimum atomic E-state index is -0.519. The van der Waals surface area contributed by atoms with E-state index in [1.807, 2.05) is 6.07 Å². The molecule has 0 aliphatic rings. The first-order chi connectivity index (χ1) is 9.56. The second-order valence-corrected chi connectivity index (χ2v) is 5.20. The van der Waals surface area contributed by atoms with E-state index in [2.05, 4.69) is 21.0 Å². The Labute approximate surface area is 122 Å². The SMILES string of the molecule is NC(=O)c1cc(Br)cc2c1cnn2-c1ccc(F)cc1. The van der Waals surface area contributed by atoms with Crippen molar-refractivity contribution in [2.45, 2.75) is 0 Å². The van der Waals surface area contributed by atoms with Crippen molar-refractivity contribution in [1.82, 2.24) is 9.78 Å². The average molecular weight is 334 g/mol. The third kappa shape index (κ3) is 2.08. The molecule has 0 aliphatic heterocycles. The minimum absolute atomic E-state index is 0.316. The summed E-state index contributed by atoms with van der Waals surface area (Å²) in [6.45, 7) is 0. The molecular weight excluding hydrogens is 325 g/mol. The number of benzene rings is 2. The molecule has 0 aliphatic carbocycles. The number of nitrogens with zero attached hydrogens (tertiary/aromatic N) is 2. The van der Waals surface area contributed by atoms with E-state index in [1.54, 1.807) is 29.1 Å². The van der Waals surface area contributed by atoms with Crippen LogP contribution in [0.4, 0.5) is 4.39 Å². The maximum Gasteiger partial charge on any atom is 0.249 e. The van der Waals surface area contributed by atoms with Gasteiger partial charge in [-0.25, -0.2) is 9.07 Å². The first-order valence-corrected chi connectivity index (χ1v) is 6.58. The van der Waals surface area contributed by atoms with Gasteiger partial charge in [0.1, 0.15) is 5.82 Å². The van der Waals surface area contributed by atoms with Crippen LogP contribution in [0.5, 0.6) is 0 Å². The summed E-state index contributed by atoms with van der Waals surface area (Å²) in [6, 6.07) is 9.43. The van der Waals surface area contributed by atoms with E-state index in [1.165, 1.54) is 12.1 Å². The average Bonchev–Trinajstić information content (AvgIpc) is 2.82. The molecule has 0 bridgehead atoms. The molecule has 1 heterocycles. The summed E-state index contributed by atoms with van der Waals surface area (Å²) in [5.41, 5.74) is 7.19. The molecule has 0 saturated carbocycles. The van der Waals surface area contributed by atoms with Gasteiger partial charge in [-0.1, -0.05) is 15.9 Å². The number of rotatable bonds is 2. The van der Waals surface area contributed by atoms with Crippen LogP contribution in [0, 0.1) is 5.82 Å². The molecule has 0 radical (unpaired) electrons. The normalized spacial score (nSPS) is 10.9. The summed E-state index contributed by atoms with van der Waals surface area (Å²) in [5, 5.41) is 4.90. The summed E-state index contributed by atoms with van der Waals surface area (Å²) < 4.78 is 15.3. The number of aromatic nitrogens is 2. The molecule has 100 valence electrons. The number of halogens is 2. The predicted octanol–water partition coefficient (Wildman–Crippen LogP) is 3.03. The third-order valence-electron chi connectivity index (χ3n) is 2.99. The third-order valence-corrected chi connectivity index (χ3v) is 3.45. The van der Waals surface area contributed by atoms with Crippen LogP contribution < -0.4 is 5.73 Å². The van der Waals surface area contributed by atoms with Crippen LogP contribution in [0.15, 0.2) is 47.1 Å². The minimum Gasteiger partial charge on any atom is -0.366 e. The predicted molar refractivity (Wildman–Crippen MR) is 77.2 cm³/mol. The van der Waals surface area contributed by atoms with Crippen LogP contribution >= 0.6 is 15.9 Å². The van der Waals surface area contributed by atoms with E-state index >= 15 is 0 Å². The molecule has 0 fully saturated rings. The monoisotopic (exact) mass is 333 g/mol. The fraction of sp³-hybridized carbons (Fsp3) is 0. The van der Waals surface area contributed by atoms with Gasteiger partial charge in [-0.15, -0.1) is 0 Å². The van der Waals surface area contributed by atoms with Crippen molar-refractivity contribution in [2.75, 3.05) is 0 Å². The maximum atomic E-state index is 13.0. The summed E-state index contributed by atoms with van der Waals surface area (Å²) in [7, 11) is 0. The number of hydrogen-bond acceptors (Lipinski definition) is 2. The highest BCUT2D eigenvalue weighted by Crippen LogP contribution is 2.26. The van der Waals surface area contributed by atoms with Gasteiger partial charge in [0, 0.05) is 9.86 Å². The van der Waals surface area contributed by atoms with Crippen molar-refractivity contribution in [1.29, 1.82) is 0 Å². The summed E-state index contributed by atoms with van der Waals surface area (Å²) in [4.78, 5) is 11.5. The quantitative estimate of drug-likeness (QED) is 0.783. The highest BCUT2D eigenvalue weighted by Gasteiger charge is 2.13. The largest absolute Gasteiger partial charge is 0.366 e. The topological polar surface area (TPSA) is 60.9 Å². The number of nitrogens with two attached hydrogens (primary N) is 1. The van der Waals surface area contributed by atoms with Gasteiger partial charge in [-0.2, -0.15) is 5.10 Å². The van der Waals surface area contributed by atoms with Crippen LogP contribution in [0.1, 0.15) is 10.4 Å². The Morgan fingerprint density at radius 2 is 1.95 bits per heavy atom. The second kappa shape index (κ2) is 4.72. The van der Waals surface area contributed by atoms with Crippen LogP contribution in [-0.4, -0.2) is 15.7 Å². The van der Waals surface area contributed by atoms with Gasteiger partial charge in [0.25, 0.3) is 0 Å². The van der Waals surface area contributed by atoms with Crippen molar-refractivity contribution in [2.24, 2.45) is 5.73 Å². The van der Waals surface area contributed by atoms with Gasteiger partial charge in [-0.3, -0.25) is 4.79 Å². The van der Waals surface area contributed by atoms with Gasteiger partial charge in [0.05, 0.1) is 23.0 Å². The van der Waals surface area contributed by atoms with E-state index < -0.39 is 5.91 Å². The summed E-state index contributed by atoms with van der Waals surface area (Å²) in [6.07, 6.45) is 1.57. The van der Waals surface area contributed by atoms with Crippen LogP contribution in [0.2, 0.25) is 0 Å². The maximum absolute atomic E-state index is 13.0. The smallest absolute Gasteiger partial charge is 0.249 e. The number of carbonyl (C=O) groups is 1. The number of fused-ring (bicyclic) bond motifs is 1. The number of hydrogen-bond donors (Lipinski definition) is 1. The Morgan fingerprint density at radius 3 is 2.60 bits per heavy atom. The zero-order valence-corrected chi connectivity index (χ0v) is 11.8. The first-order valence-electron chi connectivity index (χ1n) is 5.79. The number of amides is 1. The molecule has 2 N–H and O–H groups in total. The molecule has 4 nitrogen and oxygen atoms in total. The van der Waals surface area contributed by atoms with Gasteiger partial charge in [-0.05, 0) is 36.4 Å². The lowest BCUT2D eigenvalue weighted by molar-refractivity contribution is 0.100. The van der Waals surface area contributed by atoms with E-state index in [-0.39, 0.29) is 5.82 Å². The molecule has 1 amide bonds. The van der Waals surface area contributed by atoms with Gasteiger partial charge < -0.3 is 5.73 Å². The molecule has 1 aromatic heterocycles. The molecule has 0 atom stereocenters.